The molecule has 0 aliphatic rings. The molecule has 0 saturated carbocycles. The monoisotopic (exact) mass is 370 g/mol. The number of benzene rings is 1. The van der Waals surface area contributed by atoms with Crippen molar-refractivity contribution < 1.29 is 0 Å². The first-order valence-electron chi connectivity index (χ1n) is 7.98. The first kappa shape index (κ1) is 16.2. The average Bonchev–Trinajstić information content (AvgIpc) is 3.35. The number of thiophene rings is 1. The highest BCUT2D eigenvalue weighted by molar-refractivity contribution is 7.18. The first-order chi connectivity index (χ1) is 12.2. The molecule has 0 amide bonds. The lowest BCUT2D eigenvalue weighted by Gasteiger charge is -2.10. The predicted molar refractivity (Wildman–Crippen MR) is 104 cm³/mol. The topological polar surface area (TPSA) is 92.5 Å². The summed E-state index contributed by atoms with van der Waals surface area (Å²) >= 11 is 3.23. The molecule has 4 aromatic rings. The Morgan fingerprint density at radius 3 is 3.04 bits per heavy atom. The van der Waals surface area contributed by atoms with Crippen molar-refractivity contribution in [2.75, 3.05) is 11.9 Å². The number of aromatic amines is 1. The van der Waals surface area contributed by atoms with Gasteiger partial charge in [-0.05, 0) is 53.9 Å². The number of aromatic nitrogens is 4. The molecule has 1 unspecified atom stereocenters. The summed E-state index contributed by atoms with van der Waals surface area (Å²) < 4.78 is 0. The number of nitrogens with zero attached hydrogens (tertiary/aromatic N) is 3. The molecular formula is C17H18N6S2. The second kappa shape index (κ2) is 6.91. The van der Waals surface area contributed by atoms with Gasteiger partial charge >= 0.3 is 0 Å². The highest BCUT2D eigenvalue weighted by Gasteiger charge is 2.11. The minimum absolute atomic E-state index is 0.0480. The summed E-state index contributed by atoms with van der Waals surface area (Å²) in [4.78, 5) is 0. The van der Waals surface area contributed by atoms with Crippen LogP contribution in [0.15, 0.2) is 35.0 Å². The van der Waals surface area contributed by atoms with Gasteiger partial charge in [-0.25, -0.2) is 0 Å². The number of hydrogen-bond acceptors (Lipinski definition) is 7. The van der Waals surface area contributed by atoms with Crippen molar-refractivity contribution in [3.05, 3.63) is 46.3 Å². The summed E-state index contributed by atoms with van der Waals surface area (Å²) in [6.07, 6.45) is 0.860. The molecule has 0 saturated heterocycles. The van der Waals surface area contributed by atoms with E-state index in [0.717, 1.165) is 38.7 Å². The molecule has 4 N–H and O–H groups in total. The Balaban J connectivity index is 1.43. The fourth-order valence-corrected chi connectivity index (χ4v) is 4.12. The highest BCUT2D eigenvalue weighted by atomic mass is 32.1. The molecule has 8 heteroatoms. The van der Waals surface area contributed by atoms with E-state index in [1.807, 2.05) is 19.1 Å². The van der Waals surface area contributed by atoms with E-state index in [1.165, 1.54) is 16.9 Å². The molecule has 0 spiro atoms. The Bertz CT molecular complexity index is 972. The third-order valence-corrected chi connectivity index (χ3v) is 5.68. The lowest BCUT2D eigenvalue weighted by Crippen LogP contribution is -2.31. The molecule has 128 valence electrons. The normalized spacial score (nSPS) is 12.6. The lowest BCUT2D eigenvalue weighted by atomic mass is 10.1. The Labute approximate surface area is 153 Å². The first-order valence-corrected chi connectivity index (χ1v) is 9.74. The van der Waals surface area contributed by atoms with Gasteiger partial charge in [-0.15, -0.1) is 10.2 Å². The van der Waals surface area contributed by atoms with Crippen LogP contribution in [0.1, 0.15) is 11.3 Å². The number of nitrogens with one attached hydrogen (secondary N) is 2. The molecule has 25 heavy (non-hydrogen) atoms. The van der Waals surface area contributed by atoms with Gasteiger partial charge in [-0.1, -0.05) is 11.3 Å². The summed E-state index contributed by atoms with van der Waals surface area (Å²) in [5.74, 6) is 0. The fourth-order valence-electron chi connectivity index (χ4n) is 2.69. The van der Waals surface area contributed by atoms with Crippen LogP contribution in [0, 0.1) is 6.92 Å². The fraction of sp³-hybridized carbons (Fsp3) is 0.235. The minimum Gasteiger partial charge on any atom is -0.359 e. The number of hydrogen-bond donors (Lipinski definition) is 3. The largest absolute Gasteiger partial charge is 0.359 e. The average molecular weight is 371 g/mol. The van der Waals surface area contributed by atoms with Crippen LogP contribution in [0.25, 0.3) is 21.5 Å². The van der Waals surface area contributed by atoms with Crippen molar-refractivity contribution in [3.8, 4) is 10.6 Å². The molecule has 4 rings (SSSR count). The summed E-state index contributed by atoms with van der Waals surface area (Å²) in [6.45, 7) is 2.66. The van der Waals surface area contributed by atoms with E-state index in [1.54, 1.807) is 11.3 Å². The van der Waals surface area contributed by atoms with E-state index in [4.69, 9.17) is 5.73 Å². The number of nitrogens with two attached hydrogens (primary N) is 1. The van der Waals surface area contributed by atoms with Gasteiger partial charge in [-0.3, -0.25) is 5.10 Å². The molecule has 0 bridgehead atoms. The van der Waals surface area contributed by atoms with E-state index >= 15 is 0 Å². The summed E-state index contributed by atoms with van der Waals surface area (Å²) in [6, 6.07) is 8.32. The molecular weight excluding hydrogens is 352 g/mol. The van der Waals surface area contributed by atoms with E-state index in [-0.39, 0.29) is 6.04 Å². The van der Waals surface area contributed by atoms with Gasteiger partial charge in [0.2, 0.25) is 5.13 Å². The van der Waals surface area contributed by atoms with E-state index in [9.17, 15) is 0 Å². The summed E-state index contributed by atoms with van der Waals surface area (Å²) in [5, 5.41) is 26.1. The summed E-state index contributed by atoms with van der Waals surface area (Å²) in [7, 11) is 0. The molecule has 0 aliphatic heterocycles. The Morgan fingerprint density at radius 1 is 1.28 bits per heavy atom. The molecule has 1 atom stereocenters. The zero-order valence-corrected chi connectivity index (χ0v) is 15.3. The van der Waals surface area contributed by atoms with Crippen molar-refractivity contribution in [1.29, 1.82) is 0 Å². The quantitative estimate of drug-likeness (QED) is 0.483. The Kier molecular flexibility index (Phi) is 4.48. The maximum atomic E-state index is 6.19. The highest BCUT2D eigenvalue weighted by Crippen LogP contribution is 2.29. The van der Waals surface area contributed by atoms with Crippen LogP contribution in [0.5, 0.6) is 0 Å². The van der Waals surface area contributed by atoms with Crippen LogP contribution in [0.2, 0.25) is 0 Å². The third kappa shape index (κ3) is 3.55. The molecule has 0 radical (unpaired) electrons. The lowest BCUT2D eigenvalue weighted by molar-refractivity contribution is 0.700. The second-order valence-corrected chi connectivity index (χ2v) is 7.72. The van der Waals surface area contributed by atoms with Gasteiger partial charge in [0, 0.05) is 23.5 Å². The van der Waals surface area contributed by atoms with E-state index < -0.39 is 0 Å². The summed E-state index contributed by atoms with van der Waals surface area (Å²) in [5.41, 5.74) is 10.5. The van der Waals surface area contributed by atoms with Crippen molar-refractivity contribution in [3.63, 3.8) is 0 Å². The van der Waals surface area contributed by atoms with Crippen molar-refractivity contribution >= 4 is 38.7 Å². The number of fused-ring (bicyclic) bond motifs is 1. The molecule has 3 aromatic heterocycles. The van der Waals surface area contributed by atoms with Gasteiger partial charge in [0.05, 0.1) is 11.2 Å². The Morgan fingerprint density at radius 2 is 2.20 bits per heavy atom. The second-order valence-electron chi connectivity index (χ2n) is 5.96. The maximum absolute atomic E-state index is 6.19. The van der Waals surface area contributed by atoms with Crippen LogP contribution >= 0.6 is 22.7 Å². The van der Waals surface area contributed by atoms with Crippen LogP contribution in [-0.2, 0) is 6.42 Å². The van der Waals surface area contributed by atoms with Crippen molar-refractivity contribution in [2.24, 2.45) is 5.73 Å². The van der Waals surface area contributed by atoms with E-state index in [2.05, 4.69) is 48.6 Å². The predicted octanol–water partition coefficient (Wildman–Crippen LogP) is 3.43. The van der Waals surface area contributed by atoms with Crippen molar-refractivity contribution in [1.82, 2.24) is 20.4 Å². The molecule has 0 fully saturated rings. The number of H-pyrrole nitrogens is 1. The maximum Gasteiger partial charge on any atom is 0.206 e. The molecule has 0 aliphatic carbocycles. The number of anilines is 1. The molecule has 1 aromatic carbocycles. The minimum atomic E-state index is 0.0480. The van der Waals surface area contributed by atoms with Crippen LogP contribution in [-0.4, -0.2) is 33.0 Å². The van der Waals surface area contributed by atoms with E-state index in [0.29, 0.717) is 6.54 Å². The zero-order valence-electron chi connectivity index (χ0n) is 13.7. The smallest absolute Gasteiger partial charge is 0.206 e. The molecule has 6 nitrogen and oxygen atoms in total. The van der Waals surface area contributed by atoms with Gasteiger partial charge in [0.1, 0.15) is 5.01 Å². The van der Waals surface area contributed by atoms with Gasteiger partial charge < -0.3 is 11.1 Å². The van der Waals surface area contributed by atoms with Gasteiger partial charge in [0.25, 0.3) is 0 Å². The standard InChI is InChI=1S/C17H18N6S2/c1-10-14-7-12(2-3-15(14)21-20-10)16-22-23-17(25-16)19-8-13(18)6-11-4-5-24-9-11/h2-5,7,9,13H,6,8,18H2,1H3,(H,19,23)(H,20,21). The SMILES string of the molecule is Cc1n[nH]c2ccc(-c3nnc(NCC(N)Cc4ccsc4)s3)cc12. The Hall–Kier alpha value is -2.29. The van der Waals surface area contributed by atoms with Crippen molar-refractivity contribution in [2.45, 2.75) is 19.4 Å². The van der Waals surface area contributed by atoms with Gasteiger partial charge in [0.15, 0.2) is 0 Å². The van der Waals surface area contributed by atoms with Crippen LogP contribution in [0.4, 0.5) is 5.13 Å². The number of rotatable bonds is 6. The van der Waals surface area contributed by atoms with Gasteiger partial charge in [-0.2, -0.15) is 16.4 Å². The molecule has 3 heterocycles. The number of aryl methyl sites for hydroxylation is 1. The van der Waals surface area contributed by atoms with Crippen LogP contribution in [0.3, 0.4) is 0 Å². The zero-order chi connectivity index (χ0) is 17.2. The third-order valence-electron chi connectivity index (χ3n) is 4.02. The van der Waals surface area contributed by atoms with Crippen LogP contribution < -0.4 is 11.1 Å².